The Bertz CT molecular complexity index is 253. The summed E-state index contributed by atoms with van der Waals surface area (Å²) in [4.78, 5) is 14.0. The molecule has 100 valence electrons. The number of rotatable bonds is 4. The molecule has 2 bridgehead atoms. The molecule has 0 aromatic rings. The van der Waals surface area contributed by atoms with E-state index in [4.69, 9.17) is 0 Å². The molecule has 3 nitrogen and oxygen atoms in total. The lowest BCUT2D eigenvalue weighted by Crippen LogP contribution is -2.39. The number of hydrogen-bond acceptors (Lipinski definition) is 3. The van der Waals surface area contributed by atoms with Crippen LogP contribution in [0.2, 0.25) is 0 Å². The third-order valence-corrected chi connectivity index (χ3v) is 4.60. The Hall–Kier alpha value is 0.0700. The Labute approximate surface area is 114 Å². The summed E-state index contributed by atoms with van der Waals surface area (Å²) in [6, 6.07) is 1.23. The Kier molecular flexibility index (Phi) is 6.67. The largest absolute Gasteiger partial charge is 0.340 e. The molecule has 17 heavy (non-hydrogen) atoms. The smallest absolute Gasteiger partial charge is 0.232 e. The second-order valence-electron chi connectivity index (χ2n) is 4.82. The van der Waals surface area contributed by atoms with E-state index < -0.39 is 0 Å². The fraction of sp³-hybridized carbons (Fsp3) is 0.917. The lowest BCUT2D eigenvalue weighted by molar-refractivity contribution is -0.128. The highest BCUT2D eigenvalue weighted by Crippen LogP contribution is 2.20. The predicted octanol–water partition coefficient (Wildman–Crippen LogP) is 1.90. The van der Waals surface area contributed by atoms with Crippen molar-refractivity contribution in [1.82, 2.24) is 10.2 Å². The maximum Gasteiger partial charge on any atom is 0.232 e. The van der Waals surface area contributed by atoms with Crippen LogP contribution >= 0.6 is 24.2 Å². The van der Waals surface area contributed by atoms with Gasteiger partial charge in [0.1, 0.15) is 0 Å². The highest BCUT2D eigenvalue weighted by molar-refractivity contribution is 7.99. The van der Waals surface area contributed by atoms with Crippen LogP contribution in [0.5, 0.6) is 0 Å². The number of nitrogens with one attached hydrogen (secondary N) is 1. The zero-order chi connectivity index (χ0) is 11.4. The van der Waals surface area contributed by atoms with E-state index >= 15 is 0 Å². The number of likely N-dealkylation sites (tertiary alicyclic amines) is 1. The molecule has 2 heterocycles. The van der Waals surface area contributed by atoms with Crippen molar-refractivity contribution in [2.45, 2.75) is 44.7 Å². The van der Waals surface area contributed by atoms with Crippen molar-refractivity contribution in [3.8, 4) is 0 Å². The molecule has 0 saturated carbocycles. The van der Waals surface area contributed by atoms with Gasteiger partial charge in [0.15, 0.2) is 0 Å². The molecule has 0 aliphatic carbocycles. The molecule has 1 amide bonds. The van der Waals surface area contributed by atoms with Crippen LogP contribution in [0.3, 0.4) is 0 Å². The molecule has 2 aliphatic rings. The molecule has 2 unspecified atom stereocenters. The normalized spacial score (nSPS) is 27.5. The van der Waals surface area contributed by atoms with Gasteiger partial charge < -0.3 is 10.2 Å². The fourth-order valence-electron chi connectivity index (χ4n) is 2.56. The maximum atomic E-state index is 12.0. The molecule has 1 N–H and O–H groups in total. The molecular weight excluding hydrogens is 256 g/mol. The van der Waals surface area contributed by atoms with Gasteiger partial charge in [0.2, 0.25) is 5.91 Å². The van der Waals surface area contributed by atoms with Crippen molar-refractivity contribution in [3.05, 3.63) is 0 Å². The first-order valence-corrected chi connectivity index (χ1v) is 7.56. The number of carbonyl (C=O) groups is 1. The van der Waals surface area contributed by atoms with Gasteiger partial charge in [-0.1, -0.05) is 6.92 Å². The molecule has 2 saturated heterocycles. The van der Waals surface area contributed by atoms with Gasteiger partial charge in [0.05, 0.1) is 5.75 Å². The minimum absolute atomic E-state index is 0. The number of amides is 1. The number of hydrogen-bond donors (Lipinski definition) is 1. The molecule has 0 radical (unpaired) electrons. The van der Waals surface area contributed by atoms with Gasteiger partial charge >= 0.3 is 0 Å². The van der Waals surface area contributed by atoms with Crippen LogP contribution < -0.4 is 5.32 Å². The van der Waals surface area contributed by atoms with Crippen molar-refractivity contribution >= 4 is 30.1 Å². The zero-order valence-corrected chi connectivity index (χ0v) is 12.1. The fourth-order valence-corrected chi connectivity index (χ4v) is 3.35. The molecule has 0 aromatic carbocycles. The molecule has 2 atom stereocenters. The highest BCUT2D eigenvalue weighted by atomic mass is 35.5. The Morgan fingerprint density at radius 2 is 2.12 bits per heavy atom. The van der Waals surface area contributed by atoms with Crippen LogP contribution in [0.25, 0.3) is 0 Å². The molecule has 0 aromatic heterocycles. The summed E-state index contributed by atoms with van der Waals surface area (Å²) in [6.07, 6.45) is 4.85. The van der Waals surface area contributed by atoms with E-state index in [1.54, 1.807) is 11.8 Å². The number of thioether (sulfide) groups is 1. The first-order chi connectivity index (χ1) is 7.79. The van der Waals surface area contributed by atoms with E-state index in [2.05, 4.69) is 17.1 Å². The van der Waals surface area contributed by atoms with Crippen LogP contribution in [0.15, 0.2) is 0 Å². The highest BCUT2D eigenvalue weighted by Gasteiger charge is 2.30. The monoisotopic (exact) mass is 278 g/mol. The summed E-state index contributed by atoms with van der Waals surface area (Å²) in [6.45, 7) is 4.05. The van der Waals surface area contributed by atoms with Gasteiger partial charge in [0.25, 0.3) is 0 Å². The first-order valence-electron chi connectivity index (χ1n) is 6.41. The van der Waals surface area contributed by atoms with Gasteiger partial charge in [-0.25, -0.2) is 0 Å². The first kappa shape index (κ1) is 15.1. The second kappa shape index (κ2) is 7.49. The number of halogens is 1. The van der Waals surface area contributed by atoms with E-state index in [0.717, 1.165) is 31.7 Å². The van der Waals surface area contributed by atoms with Crippen molar-refractivity contribution in [2.75, 3.05) is 24.6 Å². The molecule has 2 aliphatic heterocycles. The average molecular weight is 279 g/mol. The van der Waals surface area contributed by atoms with Gasteiger partial charge in [-0.2, -0.15) is 11.8 Å². The number of carbonyl (C=O) groups excluding carboxylic acids is 1. The topological polar surface area (TPSA) is 32.3 Å². The van der Waals surface area contributed by atoms with E-state index in [1.807, 2.05) is 0 Å². The van der Waals surface area contributed by atoms with Crippen LogP contribution in [0.4, 0.5) is 0 Å². The van der Waals surface area contributed by atoms with E-state index in [-0.39, 0.29) is 12.4 Å². The third kappa shape index (κ3) is 4.34. The average Bonchev–Trinajstić information content (AvgIpc) is 2.58. The zero-order valence-electron chi connectivity index (χ0n) is 10.5. The predicted molar refractivity (Wildman–Crippen MR) is 76.0 cm³/mol. The van der Waals surface area contributed by atoms with Crippen LogP contribution in [0, 0.1) is 0 Å². The van der Waals surface area contributed by atoms with Crippen molar-refractivity contribution in [1.29, 1.82) is 0 Å². The molecule has 2 fully saturated rings. The van der Waals surface area contributed by atoms with Crippen molar-refractivity contribution in [3.63, 3.8) is 0 Å². The maximum absolute atomic E-state index is 12.0. The standard InChI is InChI=1S/C12H22N2OS.ClH/c1-2-7-16-9-12(15)14-6-5-10-3-4-11(8-14)13-10;/h10-11,13H,2-9H2,1H3;1H. The number of fused-ring (bicyclic) bond motifs is 2. The molecular formula is C12H23ClN2OS. The molecule has 2 rings (SSSR count). The van der Waals surface area contributed by atoms with E-state index in [0.29, 0.717) is 23.7 Å². The van der Waals surface area contributed by atoms with Crippen LogP contribution in [-0.4, -0.2) is 47.5 Å². The van der Waals surface area contributed by atoms with Gasteiger partial charge in [-0.3, -0.25) is 4.79 Å². The summed E-state index contributed by atoms with van der Waals surface area (Å²) in [5.41, 5.74) is 0. The number of nitrogens with zero attached hydrogens (tertiary/aromatic N) is 1. The quantitative estimate of drug-likeness (QED) is 0.798. The van der Waals surface area contributed by atoms with Gasteiger partial charge in [-0.15, -0.1) is 12.4 Å². The van der Waals surface area contributed by atoms with Gasteiger partial charge in [0, 0.05) is 25.2 Å². The summed E-state index contributed by atoms with van der Waals surface area (Å²) in [5.74, 6) is 2.11. The minimum atomic E-state index is 0. The Balaban J connectivity index is 0.00000144. The van der Waals surface area contributed by atoms with E-state index in [1.165, 1.54) is 12.8 Å². The van der Waals surface area contributed by atoms with Crippen molar-refractivity contribution < 1.29 is 4.79 Å². The second-order valence-corrected chi connectivity index (χ2v) is 5.92. The van der Waals surface area contributed by atoms with Crippen molar-refractivity contribution in [2.24, 2.45) is 0 Å². The Morgan fingerprint density at radius 3 is 2.88 bits per heavy atom. The Morgan fingerprint density at radius 1 is 1.35 bits per heavy atom. The van der Waals surface area contributed by atoms with Crippen LogP contribution in [-0.2, 0) is 4.79 Å². The summed E-state index contributed by atoms with van der Waals surface area (Å²) < 4.78 is 0. The van der Waals surface area contributed by atoms with Crippen LogP contribution in [0.1, 0.15) is 32.6 Å². The molecule has 0 spiro atoms. The third-order valence-electron chi connectivity index (χ3n) is 3.45. The molecule has 5 heteroatoms. The summed E-state index contributed by atoms with van der Waals surface area (Å²) in [5, 5.41) is 3.60. The summed E-state index contributed by atoms with van der Waals surface area (Å²) >= 11 is 1.77. The van der Waals surface area contributed by atoms with E-state index in [9.17, 15) is 4.79 Å². The lowest BCUT2D eigenvalue weighted by Gasteiger charge is -2.24. The minimum Gasteiger partial charge on any atom is -0.340 e. The summed E-state index contributed by atoms with van der Waals surface area (Å²) in [7, 11) is 0. The lowest BCUT2D eigenvalue weighted by atomic mass is 10.1. The van der Waals surface area contributed by atoms with Gasteiger partial charge in [-0.05, 0) is 31.4 Å². The SMILES string of the molecule is CCCSCC(=O)N1CCC2CCC(C1)N2.Cl.